The second-order valence-electron chi connectivity index (χ2n) is 15.2. The van der Waals surface area contributed by atoms with Crippen molar-refractivity contribution in [1.29, 1.82) is 0 Å². The molecule has 3 heteroatoms. The Bertz CT molecular complexity index is 1460. The quantitative estimate of drug-likeness (QED) is 0.207. The summed E-state index contributed by atoms with van der Waals surface area (Å²) in [6, 6.07) is 22.5. The highest BCUT2D eigenvalue weighted by Crippen LogP contribution is 2.38. The van der Waals surface area contributed by atoms with E-state index in [-0.39, 0.29) is 0 Å². The highest BCUT2D eigenvalue weighted by atomic mass is 16.5. The summed E-state index contributed by atoms with van der Waals surface area (Å²) in [6.45, 7) is 7.39. The molecule has 0 aliphatic heterocycles. The molecule has 1 aliphatic carbocycles. The molecule has 1 heterocycles. The summed E-state index contributed by atoms with van der Waals surface area (Å²) in [7, 11) is 3.48. The smallest absolute Gasteiger partial charge is 0.119 e. The number of benzene rings is 3. The molecule has 1 saturated carbocycles. The molecule has 0 N–H and O–H groups in total. The van der Waals surface area contributed by atoms with Gasteiger partial charge in [-0.1, -0.05) is 129 Å². The molecule has 0 spiro atoms. The normalized spacial score (nSPS) is 23.2. The van der Waals surface area contributed by atoms with Gasteiger partial charge in [0, 0.05) is 16.5 Å². The summed E-state index contributed by atoms with van der Waals surface area (Å²) >= 11 is 0. The fraction of sp³-hybridized carbons (Fsp3) is 0.600. The van der Waals surface area contributed by atoms with Crippen LogP contribution >= 0.6 is 0 Å². The Morgan fingerprint density at radius 3 is 1.56 bits per heavy atom. The molecule has 0 amide bonds. The SMILES string of the molecule is CCC1CCCCCCCCCC(CC)CC(C)CC(c2ccc(-n3c4ccc(OC)cc4c4cc(OC)ccc43)cc2)CCCCC1. The largest absolute Gasteiger partial charge is 0.497 e. The number of methoxy groups -OCH3 is 2. The molecule has 0 bridgehead atoms. The first-order chi connectivity index (χ1) is 23.5. The van der Waals surface area contributed by atoms with Crippen molar-refractivity contribution in [3.8, 4) is 17.2 Å². The minimum absolute atomic E-state index is 0.630. The van der Waals surface area contributed by atoms with Crippen LogP contribution in [0.25, 0.3) is 27.5 Å². The van der Waals surface area contributed by atoms with E-state index in [2.05, 4.69) is 86.0 Å². The van der Waals surface area contributed by atoms with Gasteiger partial charge in [0.15, 0.2) is 0 Å². The lowest BCUT2D eigenvalue weighted by atomic mass is 9.80. The highest BCUT2D eigenvalue weighted by molar-refractivity contribution is 6.10. The first kappa shape index (κ1) is 36.3. The van der Waals surface area contributed by atoms with Crippen LogP contribution < -0.4 is 9.47 Å². The Balaban J connectivity index is 1.37. The van der Waals surface area contributed by atoms with E-state index in [0.717, 1.165) is 29.3 Å². The molecule has 0 radical (unpaired) electrons. The molecule has 1 aliphatic rings. The molecule has 1 fully saturated rings. The predicted octanol–water partition coefficient (Wildman–Crippen LogP) is 13.8. The van der Waals surface area contributed by atoms with Crippen LogP contribution in [0.5, 0.6) is 11.5 Å². The van der Waals surface area contributed by atoms with Crippen LogP contribution in [0, 0.1) is 17.8 Å². The molecule has 3 aromatic carbocycles. The molecule has 4 aromatic rings. The van der Waals surface area contributed by atoms with E-state index in [1.807, 2.05) is 0 Å². The van der Waals surface area contributed by atoms with Gasteiger partial charge in [-0.25, -0.2) is 0 Å². The lowest BCUT2D eigenvalue weighted by Gasteiger charge is -2.25. The highest BCUT2D eigenvalue weighted by Gasteiger charge is 2.20. The number of aromatic nitrogens is 1. The monoisotopic (exact) mass is 652 g/mol. The Morgan fingerprint density at radius 1 is 0.562 bits per heavy atom. The Hall–Kier alpha value is -2.94. The van der Waals surface area contributed by atoms with Crippen LogP contribution in [-0.2, 0) is 0 Å². The Morgan fingerprint density at radius 2 is 1.04 bits per heavy atom. The van der Waals surface area contributed by atoms with E-state index in [1.165, 1.54) is 149 Å². The third-order valence-electron chi connectivity index (χ3n) is 11.8. The molecule has 4 atom stereocenters. The lowest BCUT2D eigenvalue weighted by molar-refractivity contribution is 0.315. The maximum atomic E-state index is 5.61. The third-order valence-corrected chi connectivity index (χ3v) is 11.8. The fourth-order valence-electron chi connectivity index (χ4n) is 8.77. The molecule has 48 heavy (non-hydrogen) atoms. The maximum Gasteiger partial charge on any atom is 0.119 e. The Labute approximate surface area is 292 Å². The molecule has 262 valence electrons. The minimum atomic E-state index is 0.630. The summed E-state index contributed by atoms with van der Waals surface area (Å²) in [6.07, 6.45) is 25.2. The van der Waals surface area contributed by atoms with Crippen molar-refractivity contribution < 1.29 is 9.47 Å². The molecule has 1 aromatic heterocycles. The van der Waals surface area contributed by atoms with E-state index >= 15 is 0 Å². The average molecular weight is 652 g/mol. The van der Waals surface area contributed by atoms with Crippen LogP contribution in [-0.4, -0.2) is 18.8 Å². The van der Waals surface area contributed by atoms with Gasteiger partial charge in [0.25, 0.3) is 0 Å². The Kier molecular flexibility index (Phi) is 14.2. The van der Waals surface area contributed by atoms with Gasteiger partial charge in [0.05, 0.1) is 25.3 Å². The van der Waals surface area contributed by atoms with E-state index in [9.17, 15) is 0 Å². The van der Waals surface area contributed by atoms with Crippen molar-refractivity contribution in [3.63, 3.8) is 0 Å². The fourth-order valence-corrected chi connectivity index (χ4v) is 8.77. The van der Waals surface area contributed by atoms with Gasteiger partial charge in [0.1, 0.15) is 11.5 Å². The zero-order valence-electron chi connectivity index (χ0n) is 31.1. The number of ether oxygens (including phenoxy) is 2. The number of fused-ring (bicyclic) bond motifs is 3. The third kappa shape index (κ3) is 9.60. The van der Waals surface area contributed by atoms with Crippen molar-refractivity contribution in [2.45, 2.75) is 142 Å². The lowest BCUT2D eigenvalue weighted by Crippen LogP contribution is -2.11. The van der Waals surface area contributed by atoms with E-state index < -0.39 is 0 Å². The van der Waals surface area contributed by atoms with Crippen LogP contribution in [0.2, 0.25) is 0 Å². The molecule has 5 rings (SSSR count). The average Bonchev–Trinajstić information content (AvgIpc) is 3.44. The minimum Gasteiger partial charge on any atom is -0.497 e. The number of hydrogen-bond donors (Lipinski definition) is 0. The molecular weight excluding hydrogens is 587 g/mol. The summed E-state index contributed by atoms with van der Waals surface area (Å²) in [5.74, 6) is 4.96. The van der Waals surface area contributed by atoms with Crippen LogP contribution in [0.15, 0.2) is 60.7 Å². The first-order valence-electron chi connectivity index (χ1n) is 19.8. The van der Waals surface area contributed by atoms with E-state index in [0.29, 0.717) is 5.92 Å². The van der Waals surface area contributed by atoms with Gasteiger partial charge in [-0.15, -0.1) is 0 Å². The number of nitrogens with zero attached hydrogens (tertiary/aromatic N) is 1. The van der Waals surface area contributed by atoms with Crippen molar-refractivity contribution >= 4 is 21.8 Å². The van der Waals surface area contributed by atoms with Gasteiger partial charge in [-0.3, -0.25) is 0 Å². The van der Waals surface area contributed by atoms with Crippen molar-refractivity contribution in [1.82, 2.24) is 4.57 Å². The van der Waals surface area contributed by atoms with Crippen molar-refractivity contribution in [2.24, 2.45) is 17.8 Å². The summed E-state index contributed by atoms with van der Waals surface area (Å²) in [4.78, 5) is 0. The summed E-state index contributed by atoms with van der Waals surface area (Å²) < 4.78 is 13.6. The van der Waals surface area contributed by atoms with Crippen molar-refractivity contribution in [3.05, 3.63) is 66.2 Å². The van der Waals surface area contributed by atoms with E-state index in [1.54, 1.807) is 14.2 Å². The standard InChI is InChI=1S/C45H65NO2/c1-6-35-18-14-11-9-8-10-12-15-20-36(7-2)30-34(3)31-38(21-17-13-16-19-35)37-22-24-39(25-23-37)46-44-28-26-40(47-4)32-42(44)43-33-41(48-5)27-29-45(43)46/h22-29,32-36,38H,6-21,30-31H2,1-5H3. The van der Waals surface area contributed by atoms with Crippen LogP contribution in [0.1, 0.15) is 148 Å². The predicted molar refractivity (Wildman–Crippen MR) is 207 cm³/mol. The molecule has 4 unspecified atom stereocenters. The van der Waals surface area contributed by atoms with Gasteiger partial charge >= 0.3 is 0 Å². The maximum absolute atomic E-state index is 5.61. The number of rotatable bonds is 6. The van der Waals surface area contributed by atoms with Crippen molar-refractivity contribution in [2.75, 3.05) is 14.2 Å². The summed E-state index contributed by atoms with van der Waals surface area (Å²) in [5.41, 5.74) is 5.12. The zero-order chi connectivity index (χ0) is 33.7. The second kappa shape index (κ2) is 18.7. The molecular formula is C45H65NO2. The zero-order valence-corrected chi connectivity index (χ0v) is 31.1. The van der Waals surface area contributed by atoms with E-state index in [4.69, 9.17) is 9.47 Å². The van der Waals surface area contributed by atoms with Gasteiger partial charge in [-0.2, -0.15) is 0 Å². The van der Waals surface area contributed by atoms with Gasteiger partial charge in [-0.05, 0) is 97.0 Å². The topological polar surface area (TPSA) is 23.4 Å². The summed E-state index contributed by atoms with van der Waals surface area (Å²) in [5, 5.41) is 2.37. The van der Waals surface area contributed by atoms with Crippen LogP contribution in [0.4, 0.5) is 0 Å². The second-order valence-corrected chi connectivity index (χ2v) is 15.2. The van der Waals surface area contributed by atoms with Gasteiger partial charge < -0.3 is 14.0 Å². The molecule has 0 saturated heterocycles. The first-order valence-corrected chi connectivity index (χ1v) is 19.8. The van der Waals surface area contributed by atoms with Gasteiger partial charge in [0.2, 0.25) is 0 Å². The number of hydrogen-bond acceptors (Lipinski definition) is 2. The molecule has 3 nitrogen and oxygen atoms in total. The van der Waals surface area contributed by atoms with Crippen LogP contribution in [0.3, 0.4) is 0 Å².